The fraction of sp³-hybridized carbons (Fsp3) is 0.591. The van der Waals surface area contributed by atoms with E-state index in [1.165, 1.54) is 13.0 Å². The van der Waals surface area contributed by atoms with E-state index in [0.717, 1.165) is 32.1 Å². The Labute approximate surface area is 165 Å². The highest BCUT2D eigenvalue weighted by Crippen LogP contribution is 2.43. The van der Waals surface area contributed by atoms with Gasteiger partial charge >= 0.3 is 5.97 Å². The maximum absolute atomic E-state index is 14.4. The summed E-state index contributed by atoms with van der Waals surface area (Å²) in [6.45, 7) is 1.51. The molecule has 0 heterocycles. The van der Waals surface area contributed by atoms with Gasteiger partial charge in [-0.1, -0.05) is 50.3 Å². The number of hydrogen-bond donors (Lipinski definition) is 1. The summed E-state index contributed by atoms with van der Waals surface area (Å²) in [4.78, 5) is 25.7. The molecule has 5 nitrogen and oxygen atoms in total. The van der Waals surface area contributed by atoms with Crippen LogP contribution in [-0.4, -0.2) is 23.5 Å². The van der Waals surface area contributed by atoms with E-state index in [2.05, 4.69) is 11.4 Å². The second-order valence-electron chi connectivity index (χ2n) is 8.06. The van der Waals surface area contributed by atoms with Gasteiger partial charge < -0.3 is 10.1 Å². The maximum Gasteiger partial charge on any atom is 0.317 e. The number of halogens is 1. The van der Waals surface area contributed by atoms with Crippen LogP contribution in [0.4, 0.5) is 4.39 Å². The molecule has 1 amide bonds. The first kappa shape index (κ1) is 20.3. The summed E-state index contributed by atoms with van der Waals surface area (Å²) in [7, 11) is 0. The lowest BCUT2D eigenvalue weighted by atomic mass is 9.78. The number of nitriles is 1. The van der Waals surface area contributed by atoms with Crippen LogP contribution in [0.15, 0.2) is 24.3 Å². The summed E-state index contributed by atoms with van der Waals surface area (Å²) in [5.41, 5.74) is -1.59. The molecule has 0 aliphatic heterocycles. The zero-order chi connectivity index (χ0) is 20.2. The first-order valence-electron chi connectivity index (χ1n) is 10.1. The normalized spacial score (nSPS) is 21.3. The molecule has 28 heavy (non-hydrogen) atoms. The molecule has 0 bridgehead atoms. The average Bonchev–Trinajstić information content (AvgIpc) is 3.20. The van der Waals surface area contributed by atoms with Crippen LogP contribution in [0.2, 0.25) is 0 Å². The lowest BCUT2D eigenvalue weighted by Gasteiger charge is -2.33. The van der Waals surface area contributed by atoms with Gasteiger partial charge in [-0.25, -0.2) is 4.39 Å². The second-order valence-corrected chi connectivity index (χ2v) is 8.06. The molecule has 1 aromatic carbocycles. The molecular weight excluding hydrogens is 359 g/mol. The molecule has 1 atom stereocenters. The van der Waals surface area contributed by atoms with Gasteiger partial charge in [-0.15, -0.1) is 0 Å². The number of amides is 1. The molecule has 1 unspecified atom stereocenters. The minimum absolute atomic E-state index is 0.339. The van der Waals surface area contributed by atoms with Crippen LogP contribution in [0.1, 0.15) is 70.3 Å². The summed E-state index contributed by atoms with van der Waals surface area (Å²) < 4.78 is 19.9. The Morgan fingerprint density at radius 1 is 1.11 bits per heavy atom. The highest BCUT2D eigenvalue weighted by molar-refractivity contribution is 5.88. The van der Waals surface area contributed by atoms with E-state index in [4.69, 9.17) is 4.74 Å². The molecular formula is C22H27FN2O3. The highest BCUT2D eigenvalue weighted by Gasteiger charge is 2.47. The summed E-state index contributed by atoms with van der Waals surface area (Å²) in [5.74, 6) is -1.46. The number of carbonyl (C=O) groups is 2. The summed E-state index contributed by atoms with van der Waals surface area (Å²) in [6, 6.07) is 8.50. The molecule has 150 valence electrons. The standard InChI is InChI=1S/C22H27FN2O3/c1-16(19(26)25-21(15-24)11-5-2-6-12-21)28-20(27)22(13-7-8-14-22)17-9-3-4-10-18(17)23/h3-4,9-10,16H,2,5-8,11-14H2,1H3,(H,25,26). The Balaban J connectivity index is 1.72. The number of carbonyl (C=O) groups excluding carboxylic acids is 2. The number of nitrogens with one attached hydrogen (secondary N) is 1. The Bertz CT molecular complexity index is 774. The van der Waals surface area contributed by atoms with Gasteiger partial charge in [-0.3, -0.25) is 9.59 Å². The molecule has 1 aromatic rings. The molecule has 2 aliphatic carbocycles. The predicted molar refractivity (Wildman–Crippen MR) is 102 cm³/mol. The minimum Gasteiger partial charge on any atom is -0.452 e. The number of hydrogen-bond acceptors (Lipinski definition) is 4. The first-order chi connectivity index (χ1) is 13.4. The van der Waals surface area contributed by atoms with Gasteiger partial charge in [0.15, 0.2) is 6.10 Å². The van der Waals surface area contributed by atoms with Crippen LogP contribution in [0, 0.1) is 17.1 Å². The second kappa shape index (κ2) is 8.30. The molecule has 0 spiro atoms. The maximum atomic E-state index is 14.4. The monoisotopic (exact) mass is 386 g/mol. The SMILES string of the molecule is CC(OC(=O)C1(c2ccccc2F)CCCC1)C(=O)NC1(C#N)CCCCC1. The Kier molecular flexibility index (Phi) is 6.02. The quantitative estimate of drug-likeness (QED) is 0.778. The van der Waals surface area contributed by atoms with Crippen molar-refractivity contribution in [1.82, 2.24) is 5.32 Å². The van der Waals surface area contributed by atoms with E-state index in [1.807, 2.05) is 0 Å². The van der Waals surface area contributed by atoms with Crippen LogP contribution in [0.5, 0.6) is 0 Å². The molecule has 6 heteroatoms. The van der Waals surface area contributed by atoms with Gasteiger partial charge in [0.2, 0.25) is 0 Å². The molecule has 2 fully saturated rings. The van der Waals surface area contributed by atoms with Crippen LogP contribution >= 0.6 is 0 Å². The topological polar surface area (TPSA) is 79.2 Å². The lowest BCUT2D eigenvalue weighted by Crippen LogP contribution is -2.52. The van der Waals surface area contributed by atoms with E-state index >= 15 is 0 Å². The lowest BCUT2D eigenvalue weighted by molar-refractivity contribution is -0.161. The van der Waals surface area contributed by atoms with Crippen molar-refractivity contribution < 1.29 is 18.7 Å². The van der Waals surface area contributed by atoms with Crippen molar-refractivity contribution in [3.05, 3.63) is 35.6 Å². The van der Waals surface area contributed by atoms with Crippen LogP contribution in [0.3, 0.4) is 0 Å². The molecule has 2 aliphatic rings. The summed E-state index contributed by atoms with van der Waals surface area (Å²) >= 11 is 0. The van der Waals surface area contributed by atoms with Crippen molar-refractivity contribution in [2.75, 3.05) is 0 Å². The van der Waals surface area contributed by atoms with Gasteiger partial charge in [0.05, 0.1) is 11.5 Å². The zero-order valence-corrected chi connectivity index (χ0v) is 16.3. The van der Waals surface area contributed by atoms with Crippen molar-refractivity contribution >= 4 is 11.9 Å². The fourth-order valence-electron chi connectivity index (χ4n) is 4.50. The van der Waals surface area contributed by atoms with E-state index in [-0.39, 0.29) is 0 Å². The molecule has 0 aromatic heterocycles. The Morgan fingerprint density at radius 3 is 2.32 bits per heavy atom. The van der Waals surface area contributed by atoms with E-state index in [9.17, 15) is 19.2 Å². The van der Waals surface area contributed by atoms with Crippen LogP contribution < -0.4 is 5.32 Å². The van der Waals surface area contributed by atoms with Crippen molar-refractivity contribution in [2.24, 2.45) is 0 Å². The molecule has 1 N–H and O–H groups in total. The Hall–Kier alpha value is -2.42. The van der Waals surface area contributed by atoms with Gasteiger partial charge in [-0.05, 0) is 38.7 Å². The van der Waals surface area contributed by atoms with Crippen LogP contribution in [-0.2, 0) is 19.7 Å². The smallest absolute Gasteiger partial charge is 0.317 e. The number of nitrogens with zero attached hydrogens (tertiary/aromatic N) is 1. The number of rotatable bonds is 5. The van der Waals surface area contributed by atoms with Crippen LogP contribution in [0.25, 0.3) is 0 Å². The number of esters is 1. The van der Waals surface area contributed by atoms with E-state index < -0.39 is 34.8 Å². The molecule has 2 saturated carbocycles. The van der Waals surface area contributed by atoms with Gasteiger partial charge in [0, 0.05) is 5.56 Å². The number of benzene rings is 1. The third-order valence-corrected chi connectivity index (χ3v) is 6.17. The number of ether oxygens (including phenoxy) is 1. The van der Waals surface area contributed by atoms with E-state index in [1.54, 1.807) is 18.2 Å². The first-order valence-corrected chi connectivity index (χ1v) is 10.1. The molecule has 3 rings (SSSR count). The van der Waals surface area contributed by atoms with E-state index in [0.29, 0.717) is 31.2 Å². The Morgan fingerprint density at radius 2 is 1.71 bits per heavy atom. The van der Waals surface area contributed by atoms with Crippen molar-refractivity contribution in [1.29, 1.82) is 5.26 Å². The van der Waals surface area contributed by atoms with Gasteiger partial charge in [-0.2, -0.15) is 5.26 Å². The minimum atomic E-state index is -1.04. The predicted octanol–water partition coefficient (Wildman–Crippen LogP) is 3.91. The zero-order valence-electron chi connectivity index (χ0n) is 16.3. The van der Waals surface area contributed by atoms with Crippen molar-refractivity contribution in [3.63, 3.8) is 0 Å². The highest BCUT2D eigenvalue weighted by atomic mass is 19.1. The van der Waals surface area contributed by atoms with Gasteiger partial charge in [0.25, 0.3) is 5.91 Å². The summed E-state index contributed by atoms with van der Waals surface area (Å²) in [5, 5.41) is 12.3. The molecule has 0 radical (unpaired) electrons. The third-order valence-electron chi connectivity index (χ3n) is 6.17. The van der Waals surface area contributed by atoms with Gasteiger partial charge in [0.1, 0.15) is 11.4 Å². The molecule has 0 saturated heterocycles. The third kappa shape index (κ3) is 3.89. The average molecular weight is 386 g/mol. The fourth-order valence-corrected chi connectivity index (χ4v) is 4.50. The summed E-state index contributed by atoms with van der Waals surface area (Å²) in [6.07, 6.45) is 5.62. The van der Waals surface area contributed by atoms with Crippen molar-refractivity contribution in [3.8, 4) is 6.07 Å². The van der Waals surface area contributed by atoms with Crippen molar-refractivity contribution in [2.45, 2.75) is 81.8 Å². The largest absolute Gasteiger partial charge is 0.452 e.